The van der Waals surface area contributed by atoms with E-state index in [1.807, 2.05) is 23.1 Å². The molecule has 1 aromatic rings. The SMILES string of the molecule is CC(=O)N1CCC(OCCOCc2ccccc2)CC1. The molecule has 0 radical (unpaired) electrons. The molecule has 1 saturated heterocycles. The van der Waals surface area contributed by atoms with E-state index in [1.165, 1.54) is 5.56 Å². The van der Waals surface area contributed by atoms with Crippen LogP contribution >= 0.6 is 0 Å². The minimum Gasteiger partial charge on any atom is -0.376 e. The normalized spacial score (nSPS) is 16.4. The van der Waals surface area contributed by atoms with Gasteiger partial charge in [-0.15, -0.1) is 0 Å². The summed E-state index contributed by atoms with van der Waals surface area (Å²) >= 11 is 0. The Morgan fingerprint density at radius 2 is 1.90 bits per heavy atom. The summed E-state index contributed by atoms with van der Waals surface area (Å²) in [4.78, 5) is 13.1. The number of benzene rings is 1. The second-order valence-electron chi connectivity index (χ2n) is 5.11. The summed E-state index contributed by atoms with van der Waals surface area (Å²) in [7, 11) is 0. The highest BCUT2D eigenvalue weighted by atomic mass is 16.5. The largest absolute Gasteiger partial charge is 0.376 e. The number of piperidine rings is 1. The predicted octanol–water partition coefficient (Wildman–Crippen LogP) is 2.23. The average Bonchev–Trinajstić information content (AvgIpc) is 2.48. The van der Waals surface area contributed by atoms with Gasteiger partial charge in [0, 0.05) is 20.0 Å². The Balaban J connectivity index is 1.53. The number of ether oxygens (including phenoxy) is 2. The van der Waals surface area contributed by atoms with Gasteiger partial charge >= 0.3 is 0 Å². The standard InChI is InChI=1S/C16H23NO3/c1-14(18)17-9-7-16(8-10-17)20-12-11-19-13-15-5-3-2-4-6-15/h2-6,16H,7-13H2,1H3. The van der Waals surface area contributed by atoms with Crippen LogP contribution in [0.25, 0.3) is 0 Å². The summed E-state index contributed by atoms with van der Waals surface area (Å²) in [5.41, 5.74) is 1.18. The first-order valence-corrected chi connectivity index (χ1v) is 7.24. The van der Waals surface area contributed by atoms with Crippen LogP contribution in [-0.2, 0) is 20.9 Å². The molecule has 4 nitrogen and oxygen atoms in total. The minimum absolute atomic E-state index is 0.162. The lowest BCUT2D eigenvalue weighted by Gasteiger charge is -2.31. The first-order chi connectivity index (χ1) is 9.75. The zero-order chi connectivity index (χ0) is 14.2. The molecule has 4 heteroatoms. The summed E-state index contributed by atoms with van der Waals surface area (Å²) in [5.74, 6) is 0.162. The Morgan fingerprint density at radius 3 is 2.55 bits per heavy atom. The molecule has 110 valence electrons. The quantitative estimate of drug-likeness (QED) is 0.748. The zero-order valence-electron chi connectivity index (χ0n) is 12.1. The second-order valence-corrected chi connectivity index (χ2v) is 5.11. The maximum atomic E-state index is 11.2. The van der Waals surface area contributed by atoms with Crippen molar-refractivity contribution in [3.05, 3.63) is 35.9 Å². The summed E-state index contributed by atoms with van der Waals surface area (Å²) in [6.07, 6.45) is 2.13. The van der Waals surface area contributed by atoms with Crippen LogP contribution in [0.5, 0.6) is 0 Å². The van der Waals surface area contributed by atoms with E-state index < -0.39 is 0 Å². The maximum absolute atomic E-state index is 11.2. The van der Waals surface area contributed by atoms with Crippen molar-refractivity contribution in [2.75, 3.05) is 26.3 Å². The number of carbonyl (C=O) groups excluding carboxylic acids is 1. The maximum Gasteiger partial charge on any atom is 0.219 e. The molecule has 0 saturated carbocycles. The van der Waals surface area contributed by atoms with Gasteiger partial charge < -0.3 is 14.4 Å². The van der Waals surface area contributed by atoms with Crippen LogP contribution in [0.3, 0.4) is 0 Å². The molecular weight excluding hydrogens is 254 g/mol. The molecule has 0 atom stereocenters. The summed E-state index contributed by atoms with van der Waals surface area (Å²) < 4.78 is 11.4. The Morgan fingerprint density at radius 1 is 1.20 bits per heavy atom. The van der Waals surface area contributed by atoms with Gasteiger partial charge in [0.1, 0.15) is 0 Å². The summed E-state index contributed by atoms with van der Waals surface area (Å²) in [5, 5.41) is 0. The summed E-state index contributed by atoms with van der Waals surface area (Å²) in [6, 6.07) is 10.1. The molecule has 0 aliphatic carbocycles. The number of nitrogens with zero attached hydrogens (tertiary/aromatic N) is 1. The fourth-order valence-electron chi connectivity index (χ4n) is 2.38. The Kier molecular flexibility index (Phi) is 6.02. The monoisotopic (exact) mass is 277 g/mol. The summed E-state index contributed by atoms with van der Waals surface area (Å²) in [6.45, 7) is 5.11. The van der Waals surface area contributed by atoms with Crippen LogP contribution in [0.4, 0.5) is 0 Å². The van der Waals surface area contributed by atoms with E-state index in [1.54, 1.807) is 6.92 Å². The smallest absolute Gasteiger partial charge is 0.219 e. The second kappa shape index (κ2) is 8.02. The topological polar surface area (TPSA) is 38.8 Å². The molecule has 1 fully saturated rings. The molecule has 1 aromatic carbocycles. The molecular formula is C16H23NO3. The molecule has 0 N–H and O–H groups in total. The van der Waals surface area contributed by atoms with Crippen molar-refractivity contribution in [3.8, 4) is 0 Å². The molecule has 0 unspecified atom stereocenters. The predicted molar refractivity (Wildman–Crippen MR) is 77.3 cm³/mol. The van der Waals surface area contributed by atoms with Gasteiger partial charge in [-0.05, 0) is 18.4 Å². The molecule has 0 bridgehead atoms. The molecule has 1 aliphatic rings. The Bertz CT molecular complexity index is 399. The van der Waals surface area contributed by atoms with Gasteiger partial charge in [0.15, 0.2) is 0 Å². The molecule has 1 heterocycles. The molecule has 0 aromatic heterocycles. The first-order valence-electron chi connectivity index (χ1n) is 7.24. The lowest BCUT2D eigenvalue weighted by Crippen LogP contribution is -2.39. The first kappa shape index (κ1) is 15.0. The molecule has 1 aliphatic heterocycles. The van der Waals surface area contributed by atoms with E-state index in [0.29, 0.717) is 19.8 Å². The minimum atomic E-state index is 0.162. The lowest BCUT2D eigenvalue weighted by atomic mass is 10.1. The third-order valence-electron chi connectivity index (χ3n) is 3.58. The van der Waals surface area contributed by atoms with Crippen LogP contribution in [0.1, 0.15) is 25.3 Å². The van der Waals surface area contributed by atoms with E-state index in [0.717, 1.165) is 25.9 Å². The van der Waals surface area contributed by atoms with Crippen LogP contribution in [0, 0.1) is 0 Å². The van der Waals surface area contributed by atoms with Gasteiger partial charge in [0.05, 0.1) is 25.9 Å². The van der Waals surface area contributed by atoms with E-state index >= 15 is 0 Å². The van der Waals surface area contributed by atoms with Gasteiger partial charge in [0.2, 0.25) is 5.91 Å². The fraction of sp³-hybridized carbons (Fsp3) is 0.562. The van der Waals surface area contributed by atoms with E-state index in [2.05, 4.69) is 12.1 Å². The third kappa shape index (κ3) is 4.94. The third-order valence-corrected chi connectivity index (χ3v) is 3.58. The van der Waals surface area contributed by atoms with Gasteiger partial charge in [-0.1, -0.05) is 30.3 Å². The Labute approximate surface area is 120 Å². The number of carbonyl (C=O) groups is 1. The van der Waals surface area contributed by atoms with Crippen LogP contribution in [0.15, 0.2) is 30.3 Å². The average molecular weight is 277 g/mol. The van der Waals surface area contributed by atoms with Gasteiger partial charge in [-0.25, -0.2) is 0 Å². The van der Waals surface area contributed by atoms with Crippen molar-refractivity contribution in [2.24, 2.45) is 0 Å². The van der Waals surface area contributed by atoms with Gasteiger partial charge in [-0.3, -0.25) is 4.79 Å². The van der Waals surface area contributed by atoms with Crippen molar-refractivity contribution >= 4 is 5.91 Å². The van der Waals surface area contributed by atoms with Crippen molar-refractivity contribution in [3.63, 3.8) is 0 Å². The fourth-order valence-corrected chi connectivity index (χ4v) is 2.38. The van der Waals surface area contributed by atoms with Gasteiger partial charge in [-0.2, -0.15) is 0 Å². The van der Waals surface area contributed by atoms with E-state index in [9.17, 15) is 4.79 Å². The molecule has 1 amide bonds. The van der Waals surface area contributed by atoms with Crippen LogP contribution in [0.2, 0.25) is 0 Å². The van der Waals surface area contributed by atoms with Crippen molar-refractivity contribution in [1.82, 2.24) is 4.90 Å². The number of hydrogen-bond donors (Lipinski definition) is 0. The highest BCUT2D eigenvalue weighted by molar-refractivity contribution is 5.73. The number of amides is 1. The highest BCUT2D eigenvalue weighted by Gasteiger charge is 2.20. The number of hydrogen-bond acceptors (Lipinski definition) is 3. The van der Waals surface area contributed by atoms with E-state index in [-0.39, 0.29) is 12.0 Å². The Hall–Kier alpha value is -1.39. The van der Waals surface area contributed by atoms with Crippen LogP contribution < -0.4 is 0 Å². The van der Waals surface area contributed by atoms with E-state index in [4.69, 9.17) is 9.47 Å². The van der Waals surface area contributed by atoms with Crippen LogP contribution in [-0.4, -0.2) is 43.2 Å². The van der Waals surface area contributed by atoms with Gasteiger partial charge in [0.25, 0.3) is 0 Å². The van der Waals surface area contributed by atoms with Crippen molar-refractivity contribution in [2.45, 2.75) is 32.5 Å². The number of likely N-dealkylation sites (tertiary alicyclic amines) is 1. The molecule has 20 heavy (non-hydrogen) atoms. The number of rotatable bonds is 6. The molecule has 2 rings (SSSR count). The molecule has 0 spiro atoms. The van der Waals surface area contributed by atoms with Crippen molar-refractivity contribution in [1.29, 1.82) is 0 Å². The highest BCUT2D eigenvalue weighted by Crippen LogP contribution is 2.13. The van der Waals surface area contributed by atoms with Crippen molar-refractivity contribution < 1.29 is 14.3 Å². The lowest BCUT2D eigenvalue weighted by molar-refractivity contribution is -0.131. The zero-order valence-corrected chi connectivity index (χ0v) is 12.1.